The average Bonchev–Trinajstić information content (AvgIpc) is 2.48. The SMILES string of the molecule is CC(C)(C)OC(=O)Nc1ccc([C@@H](O)[C@@H](NC(=O)OC(C)(C)C)C(=O)O)cn1. The number of nitrogens with one attached hydrogen (secondary N) is 2. The molecule has 10 nitrogen and oxygen atoms in total. The molecule has 0 aliphatic heterocycles. The first-order valence-corrected chi connectivity index (χ1v) is 8.54. The van der Waals surface area contributed by atoms with Gasteiger partial charge in [-0.25, -0.2) is 19.4 Å². The minimum Gasteiger partial charge on any atom is -0.480 e. The zero-order valence-corrected chi connectivity index (χ0v) is 16.8. The van der Waals surface area contributed by atoms with Crippen LogP contribution >= 0.6 is 0 Å². The predicted octanol–water partition coefficient (Wildman–Crippen LogP) is 2.44. The van der Waals surface area contributed by atoms with Crippen LogP contribution < -0.4 is 10.6 Å². The lowest BCUT2D eigenvalue weighted by Gasteiger charge is -2.24. The van der Waals surface area contributed by atoms with E-state index in [1.165, 1.54) is 18.3 Å². The largest absolute Gasteiger partial charge is 0.480 e. The molecule has 0 aliphatic rings. The Bertz CT molecular complexity index is 705. The molecule has 0 unspecified atom stereocenters. The van der Waals surface area contributed by atoms with Gasteiger partial charge < -0.3 is 25.0 Å². The smallest absolute Gasteiger partial charge is 0.413 e. The molecule has 0 fully saturated rings. The summed E-state index contributed by atoms with van der Waals surface area (Å²) >= 11 is 0. The quantitative estimate of drug-likeness (QED) is 0.592. The van der Waals surface area contributed by atoms with E-state index in [4.69, 9.17) is 9.47 Å². The highest BCUT2D eigenvalue weighted by Gasteiger charge is 2.31. The van der Waals surface area contributed by atoms with Crippen molar-refractivity contribution in [2.75, 3.05) is 5.32 Å². The van der Waals surface area contributed by atoms with Gasteiger partial charge in [-0.3, -0.25) is 5.32 Å². The lowest BCUT2D eigenvalue weighted by atomic mass is 10.0. The highest BCUT2D eigenvalue weighted by Crippen LogP contribution is 2.19. The third kappa shape index (κ3) is 8.21. The van der Waals surface area contributed by atoms with Gasteiger partial charge in [-0.1, -0.05) is 6.07 Å². The molecule has 1 heterocycles. The third-order valence-electron chi connectivity index (χ3n) is 3.01. The molecule has 156 valence electrons. The molecule has 0 saturated carbocycles. The standard InChI is InChI=1S/C18H27N3O7/c1-17(2,3)27-15(25)20-11-8-7-10(9-19-11)13(22)12(14(23)24)21-16(26)28-18(4,5)6/h7-9,12-13,22H,1-6H3,(H,21,26)(H,23,24)(H,19,20,25)/t12-,13-/m1/s1. The van der Waals surface area contributed by atoms with E-state index >= 15 is 0 Å². The second-order valence-corrected chi connectivity index (χ2v) is 8.01. The molecule has 28 heavy (non-hydrogen) atoms. The fourth-order valence-corrected chi connectivity index (χ4v) is 1.97. The number of carboxylic acid groups (broad SMARTS) is 1. The van der Waals surface area contributed by atoms with Gasteiger partial charge >= 0.3 is 18.2 Å². The van der Waals surface area contributed by atoms with Crippen LogP contribution in [0.3, 0.4) is 0 Å². The molecular formula is C18H27N3O7. The van der Waals surface area contributed by atoms with E-state index in [0.29, 0.717) is 0 Å². The van der Waals surface area contributed by atoms with E-state index in [9.17, 15) is 24.6 Å². The Morgan fingerprint density at radius 2 is 1.54 bits per heavy atom. The maximum Gasteiger partial charge on any atom is 0.413 e. The Morgan fingerprint density at radius 1 is 1.00 bits per heavy atom. The fraction of sp³-hybridized carbons (Fsp3) is 0.556. The molecule has 1 rings (SSSR count). The van der Waals surface area contributed by atoms with Crippen molar-refractivity contribution in [3.8, 4) is 0 Å². The van der Waals surface area contributed by atoms with Crippen molar-refractivity contribution < 1.29 is 34.1 Å². The second-order valence-electron chi connectivity index (χ2n) is 8.01. The van der Waals surface area contributed by atoms with Gasteiger partial charge in [0.25, 0.3) is 0 Å². The summed E-state index contributed by atoms with van der Waals surface area (Å²) in [4.78, 5) is 38.9. The number of aliphatic carboxylic acids is 1. The molecule has 1 aromatic heterocycles. The first kappa shape index (κ1) is 23.2. The van der Waals surface area contributed by atoms with Crippen LogP contribution in [0.1, 0.15) is 53.2 Å². The summed E-state index contributed by atoms with van der Waals surface area (Å²) < 4.78 is 10.1. The lowest BCUT2D eigenvalue weighted by Crippen LogP contribution is -2.46. The molecule has 0 radical (unpaired) electrons. The number of alkyl carbamates (subject to hydrolysis) is 1. The van der Waals surface area contributed by atoms with Gasteiger partial charge in [-0.05, 0) is 47.6 Å². The first-order chi connectivity index (χ1) is 12.7. The minimum atomic E-state index is -1.65. The van der Waals surface area contributed by atoms with Crippen LogP contribution in [0.2, 0.25) is 0 Å². The molecule has 2 atom stereocenters. The number of hydrogen-bond acceptors (Lipinski definition) is 7. The van der Waals surface area contributed by atoms with Crippen molar-refractivity contribution in [3.05, 3.63) is 23.9 Å². The number of carbonyl (C=O) groups excluding carboxylic acids is 2. The van der Waals surface area contributed by atoms with Crippen LogP contribution in [-0.2, 0) is 14.3 Å². The van der Waals surface area contributed by atoms with Crippen molar-refractivity contribution in [3.63, 3.8) is 0 Å². The first-order valence-electron chi connectivity index (χ1n) is 8.54. The molecule has 4 N–H and O–H groups in total. The number of hydrogen-bond donors (Lipinski definition) is 4. The number of pyridine rings is 1. The number of rotatable bonds is 5. The number of aromatic nitrogens is 1. The predicted molar refractivity (Wildman–Crippen MR) is 99.8 cm³/mol. The number of anilines is 1. The van der Waals surface area contributed by atoms with Crippen molar-refractivity contribution in [1.29, 1.82) is 0 Å². The van der Waals surface area contributed by atoms with Crippen molar-refractivity contribution in [2.24, 2.45) is 0 Å². The average molecular weight is 397 g/mol. The number of nitrogens with zero attached hydrogens (tertiary/aromatic N) is 1. The van der Waals surface area contributed by atoms with Crippen LogP contribution in [-0.4, -0.2) is 50.6 Å². The molecular weight excluding hydrogens is 370 g/mol. The Balaban J connectivity index is 2.82. The third-order valence-corrected chi connectivity index (χ3v) is 3.01. The summed E-state index contributed by atoms with van der Waals surface area (Å²) in [6.45, 7) is 10.0. The summed E-state index contributed by atoms with van der Waals surface area (Å²) in [5, 5.41) is 24.2. The Labute approximate surface area is 163 Å². The number of carboxylic acids is 1. The lowest BCUT2D eigenvalue weighted by molar-refractivity contribution is -0.142. The zero-order valence-electron chi connectivity index (χ0n) is 16.8. The highest BCUT2D eigenvalue weighted by molar-refractivity contribution is 5.83. The van der Waals surface area contributed by atoms with Gasteiger partial charge in [-0.15, -0.1) is 0 Å². The Kier molecular flexibility index (Phi) is 7.34. The van der Waals surface area contributed by atoms with Crippen LogP contribution in [0.5, 0.6) is 0 Å². The summed E-state index contributed by atoms with van der Waals surface area (Å²) in [6.07, 6.45) is -2.09. The number of ether oxygens (including phenoxy) is 2. The van der Waals surface area contributed by atoms with E-state index in [-0.39, 0.29) is 11.4 Å². The Morgan fingerprint density at radius 3 is 1.96 bits per heavy atom. The summed E-state index contributed by atoms with van der Waals surface area (Å²) in [5.41, 5.74) is -1.38. The molecule has 0 bridgehead atoms. The van der Waals surface area contributed by atoms with Crippen molar-refractivity contribution >= 4 is 24.0 Å². The van der Waals surface area contributed by atoms with Gasteiger partial charge in [0.05, 0.1) is 0 Å². The summed E-state index contributed by atoms with van der Waals surface area (Å²) in [6, 6.07) is 1.09. The number of amides is 2. The molecule has 0 aromatic carbocycles. The van der Waals surface area contributed by atoms with Crippen LogP contribution in [0.4, 0.5) is 15.4 Å². The fourth-order valence-electron chi connectivity index (χ4n) is 1.97. The molecule has 0 saturated heterocycles. The van der Waals surface area contributed by atoms with E-state index in [1.54, 1.807) is 41.5 Å². The van der Waals surface area contributed by atoms with Gasteiger partial charge in [0.2, 0.25) is 0 Å². The van der Waals surface area contributed by atoms with E-state index in [0.717, 1.165) is 0 Å². The molecule has 2 amide bonds. The molecule has 1 aromatic rings. The van der Waals surface area contributed by atoms with Crippen LogP contribution in [0.15, 0.2) is 18.3 Å². The minimum absolute atomic E-state index is 0.123. The summed E-state index contributed by atoms with van der Waals surface area (Å²) in [7, 11) is 0. The Hall–Kier alpha value is -2.88. The van der Waals surface area contributed by atoms with E-state index in [2.05, 4.69) is 15.6 Å². The maximum absolute atomic E-state index is 11.8. The number of aliphatic hydroxyl groups is 1. The van der Waals surface area contributed by atoms with Crippen LogP contribution in [0, 0.1) is 0 Å². The topological polar surface area (TPSA) is 147 Å². The molecule has 0 spiro atoms. The van der Waals surface area contributed by atoms with E-state index < -0.39 is 41.5 Å². The molecule has 0 aliphatic carbocycles. The summed E-state index contributed by atoms with van der Waals surface area (Å²) in [5.74, 6) is -1.30. The van der Waals surface area contributed by atoms with Crippen molar-refractivity contribution in [2.45, 2.75) is 64.9 Å². The second kappa shape index (κ2) is 8.87. The van der Waals surface area contributed by atoms with Gasteiger partial charge in [-0.2, -0.15) is 0 Å². The van der Waals surface area contributed by atoms with Gasteiger partial charge in [0.15, 0.2) is 6.04 Å². The van der Waals surface area contributed by atoms with E-state index in [1.807, 2.05) is 0 Å². The van der Waals surface area contributed by atoms with Crippen molar-refractivity contribution in [1.82, 2.24) is 10.3 Å². The zero-order chi connectivity index (χ0) is 21.7. The monoisotopic (exact) mass is 397 g/mol. The highest BCUT2D eigenvalue weighted by atomic mass is 16.6. The van der Waals surface area contributed by atoms with Crippen LogP contribution in [0.25, 0.3) is 0 Å². The molecule has 10 heteroatoms. The number of carbonyl (C=O) groups is 3. The maximum atomic E-state index is 11.8. The van der Waals surface area contributed by atoms with Gasteiger partial charge in [0, 0.05) is 11.8 Å². The normalized spacial score (nSPS) is 13.8. The van der Waals surface area contributed by atoms with Gasteiger partial charge in [0.1, 0.15) is 23.1 Å². The number of aliphatic hydroxyl groups excluding tert-OH is 1.